The number of unbranched alkanes of at least 4 members (excludes halogenated alkanes) is 1. The van der Waals surface area contributed by atoms with E-state index in [1.165, 1.54) is 6.92 Å². The summed E-state index contributed by atoms with van der Waals surface area (Å²) in [6, 6.07) is -1.28. The predicted octanol–water partition coefficient (Wildman–Crippen LogP) is 0.751. The molecule has 0 saturated carbocycles. The average molecular weight is 273 g/mol. The second kappa shape index (κ2) is 8.96. The highest BCUT2D eigenvalue weighted by Gasteiger charge is 2.20. The van der Waals surface area contributed by atoms with E-state index >= 15 is 0 Å². The Morgan fingerprint density at radius 1 is 1.32 bits per heavy atom. The van der Waals surface area contributed by atoms with Crippen LogP contribution in [0.2, 0.25) is 0 Å². The molecule has 0 aromatic heterocycles. The molecule has 0 unspecified atom stereocenters. The summed E-state index contributed by atoms with van der Waals surface area (Å²) in [4.78, 5) is 32.6. The van der Waals surface area contributed by atoms with Gasteiger partial charge in [-0.25, -0.2) is 9.59 Å². The molecule has 0 aliphatic rings. The van der Waals surface area contributed by atoms with Crippen molar-refractivity contribution in [3.05, 3.63) is 11.8 Å². The van der Waals surface area contributed by atoms with E-state index in [4.69, 9.17) is 14.9 Å². The number of carboxylic acid groups (broad SMARTS) is 2. The first kappa shape index (κ1) is 16.9. The van der Waals surface area contributed by atoms with Crippen LogP contribution in [-0.2, 0) is 19.1 Å². The molecular formula is C12H19NO6. The van der Waals surface area contributed by atoms with Crippen LogP contribution < -0.4 is 5.32 Å². The van der Waals surface area contributed by atoms with E-state index in [1.807, 2.05) is 6.92 Å². The van der Waals surface area contributed by atoms with Crippen molar-refractivity contribution in [1.82, 2.24) is 5.32 Å². The van der Waals surface area contributed by atoms with E-state index < -0.39 is 30.4 Å². The Hall–Kier alpha value is -2.05. The van der Waals surface area contributed by atoms with Crippen LogP contribution in [0.3, 0.4) is 0 Å². The minimum atomic E-state index is -1.30. The summed E-state index contributed by atoms with van der Waals surface area (Å²) in [7, 11) is 0. The molecule has 0 amide bonds. The van der Waals surface area contributed by atoms with Crippen LogP contribution in [0.1, 0.15) is 33.1 Å². The van der Waals surface area contributed by atoms with Gasteiger partial charge in [-0.1, -0.05) is 13.3 Å². The molecule has 0 bridgehead atoms. The Bertz CT molecular complexity index is 363. The third-order valence-electron chi connectivity index (χ3n) is 2.16. The van der Waals surface area contributed by atoms with Gasteiger partial charge in [0.2, 0.25) is 0 Å². The lowest BCUT2D eigenvalue weighted by atomic mass is 10.2. The molecule has 108 valence electrons. The molecule has 7 nitrogen and oxygen atoms in total. The summed E-state index contributed by atoms with van der Waals surface area (Å²) in [5.41, 5.74) is 0.246. The van der Waals surface area contributed by atoms with Gasteiger partial charge in [0.05, 0.1) is 13.0 Å². The molecule has 0 heterocycles. The molecule has 0 aromatic rings. The lowest BCUT2D eigenvalue weighted by Gasteiger charge is -2.13. The van der Waals surface area contributed by atoms with Crippen LogP contribution in [0.4, 0.5) is 0 Å². The van der Waals surface area contributed by atoms with Gasteiger partial charge in [-0.3, -0.25) is 4.79 Å². The van der Waals surface area contributed by atoms with E-state index in [0.717, 1.165) is 18.9 Å². The van der Waals surface area contributed by atoms with Gasteiger partial charge < -0.3 is 20.3 Å². The quantitative estimate of drug-likeness (QED) is 0.323. The van der Waals surface area contributed by atoms with E-state index in [2.05, 4.69) is 5.32 Å². The van der Waals surface area contributed by atoms with Crippen molar-refractivity contribution in [3.8, 4) is 0 Å². The maximum atomic E-state index is 11.3. The molecular weight excluding hydrogens is 254 g/mol. The Morgan fingerprint density at radius 2 is 1.95 bits per heavy atom. The molecule has 0 aliphatic carbocycles. The van der Waals surface area contributed by atoms with E-state index in [9.17, 15) is 14.4 Å². The summed E-state index contributed by atoms with van der Waals surface area (Å²) in [6.45, 7) is 3.73. The molecule has 0 fully saturated rings. The molecule has 1 atom stereocenters. The van der Waals surface area contributed by atoms with Crippen LogP contribution in [0.5, 0.6) is 0 Å². The van der Waals surface area contributed by atoms with E-state index in [0.29, 0.717) is 6.61 Å². The number of ether oxygens (including phenoxy) is 1. The molecule has 0 rings (SSSR count). The van der Waals surface area contributed by atoms with Crippen LogP contribution >= 0.6 is 0 Å². The fraction of sp³-hybridized carbons (Fsp3) is 0.583. The van der Waals surface area contributed by atoms with Gasteiger partial charge in [0.25, 0.3) is 0 Å². The second-order valence-electron chi connectivity index (χ2n) is 3.98. The third kappa shape index (κ3) is 8.64. The highest BCUT2D eigenvalue weighted by molar-refractivity contribution is 5.83. The number of nitrogens with one attached hydrogen (secondary N) is 1. The molecule has 0 saturated heterocycles. The zero-order valence-electron chi connectivity index (χ0n) is 11.0. The first-order chi connectivity index (χ1) is 8.86. The van der Waals surface area contributed by atoms with Gasteiger partial charge in [0, 0.05) is 11.8 Å². The summed E-state index contributed by atoms with van der Waals surface area (Å²) < 4.78 is 4.86. The number of carbonyl (C=O) groups is 3. The standard InChI is InChI=1S/C12H19NO6/c1-3-4-5-19-11(16)6-8(2)13-9(12(17)18)7-10(14)15/h6,9,13H,3-5,7H2,1-2H3,(H,14,15)(H,17,18)/t9-/m0/s1. The number of hydrogen-bond acceptors (Lipinski definition) is 5. The van der Waals surface area contributed by atoms with Crippen LogP contribution in [0.25, 0.3) is 0 Å². The number of allylic oxidation sites excluding steroid dienone is 1. The van der Waals surface area contributed by atoms with Gasteiger partial charge in [-0.05, 0) is 13.3 Å². The van der Waals surface area contributed by atoms with Crippen molar-refractivity contribution in [2.24, 2.45) is 0 Å². The highest BCUT2D eigenvalue weighted by Crippen LogP contribution is 1.99. The predicted molar refractivity (Wildman–Crippen MR) is 66.4 cm³/mol. The lowest BCUT2D eigenvalue weighted by Crippen LogP contribution is -2.37. The average Bonchev–Trinajstić information content (AvgIpc) is 2.27. The molecule has 0 aromatic carbocycles. The molecule has 0 aliphatic heterocycles. The van der Waals surface area contributed by atoms with Gasteiger partial charge in [-0.15, -0.1) is 0 Å². The summed E-state index contributed by atoms with van der Waals surface area (Å²) in [5.74, 6) is -3.12. The van der Waals surface area contributed by atoms with Gasteiger partial charge in [-0.2, -0.15) is 0 Å². The molecule has 7 heteroatoms. The number of carboxylic acids is 2. The Labute approximate surface area is 111 Å². The summed E-state index contributed by atoms with van der Waals surface area (Å²) >= 11 is 0. The Balaban J connectivity index is 4.37. The third-order valence-corrected chi connectivity index (χ3v) is 2.16. The fourth-order valence-electron chi connectivity index (χ4n) is 1.23. The molecule has 3 N–H and O–H groups in total. The number of rotatable bonds is 9. The number of aliphatic carboxylic acids is 2. The van der Waals surface area contributed by atoms with Crippen molar-refractivity contribution >= 4 is 17.9 Å². The number of carbonyl (C=O) groups excluding carboxylic acids is 1. The Morgan fingerprint density at radius 3 is 2.42 bits per heavy atom. The van der Waals surface area contributed by atoms with Crippen LogP contribution in [0, 0.1) is 0 Å². The van der Waals surface area contributed by atoms with Crippen molar-refractivity contribution in [2.75, 3.05) is 6.61 Å². The minimum absolute atomic E-state index is 0.246. The maximum absolute atomic E-state index is 11.3. The smallest absolute Gasteiger partial charge is 0.332 e. The highest BCUT2D eigenvalue weighted by atomic mass is 16.5. The monoisotopic (exact) mass is 273 g/mol. The van der Waals surface area contributed by atoms with Crippen LogP contribution in [0.15, 0.2) is 11.8 Å². The molecule has 19 heavy (non-hydrogen) atoms. The number of esters is 1. The van der Waals surface area contributed by atoms with Crippen molar-refractivity contribution in [2.45, 2.75) is 39.2 Å². The van der Waals surface area contributed by atoms with Crippen molar-refractivity contribution < 1.29 is 29.3 Å². The largest absolute Gasteiger partial charge is 0.481 e. The van der Waals surface area contributed by atoms with Gasteiger partial charge in [0.15, 0.2) is 0 Å². The first-order valence-corrected chi connectivity index (χ1v) is 5.93. The first-order valence-electron chi connectivity index (χ1n) is 5.93. The summed E-state index contributed by atoms with van der Waals surface area (Å²) in [6.07, 6.45) is 2.18. The van der Waals surface area contributed by atoms with Gasteiger partial charge >= 0.3 is 17.9 Å². The topological polar surface area (TPSA) is 113 Å². The van der Waals surface area contributed by atoms with Crippen LogP contribution in [-0.4, -0.2) is 40.8 Å². The normalized spacial score (nSPS) is 12.6. The van der Waals surface area contributed by atoms with Gasteiger partial charge in [0.1, 0.15) is 6.04 Å². The number of hydrogen-bond donors (Lipinski definition) is 3. The molecule has 0 spiro atoms. The SMILES string of the molecule is CCCCOC(=O)C=C(C)N[C@@H](CC(=O)O)C(=O)O. The molecule has 0 radical (unpaired) electrons. The lowest BCUT2D eigenvalue weighted by molar-refractivity contribution is -0.145. The zero-order valence-corrected chi connectivity index (χ0v) is 11.0. The maximum Gasteiger partial charge on any atom is 0.332 e. The van der Waals surface area contributed by atoms with Crippen molar-refractivity contribution in [3.63, 3.8) is 0 Å². The van der Waals surface area contributed by atoms with E-state index in [-0.39, 0.29) is 5.70 Å². The minimum Gasteiger partial charge on any atom is -0.481 e. The second-order valence-corrected chi connectivity index (χ2v) is 3.98. The Kier molecular flexibility index (Phi) is 7.99. The summed E-state index contributed by atoms with van der Waals surface area (Å²) in [5, 5.41) is 19.8. The van der Waals surface area contributed by atoms with Crippen molar-refractivity contribution in [1.29, 1.82) is 0 Å². The zero-order chi connectivity index (χ0) is 14.8. The fourth-order valence-corrected chi connectivity index (χ4v) is 1.23. The van der Waals surface area contributed by atoms with E-state index in [1.54, 1.807) is 0 Å².